The van der Waals surface area contributed by atoms with Crippen LogP contribution in [-0.2, 0) is 13.0 Å². The van der Waals surface area contributed by atoms with Crippen molar-refractivity contribution in [2.45, 2.75) is 51.5 Å². The standard InChI is InChI=1S/C27H27ClF2N4O2/c1-3-4-6-23-32-25(28)24(26(35)36)34(23)16-18-7-9-19(10-8-18)21-15-20(11-12-22(21)31-2)33-14-5-13-27(29,30)17-33/h7-12,15H,3-6,13-14,16-17H2,1H3,(H,35,36). The number of alkyl halides is 2. The first-order chi connectivity index (χ1) is 17.2. The van der Waals surface area contributed by atoms with Crippen LogP contribution < -0.4 is 4.90 Å². The first-order valence-corrected chi connectivity index (χ1v) is 12.3. The minimum atomic E-state index is -2.72. The van der Waals surface area contributed by atoms with Crippen molar-refractivity contribution < 1.29 is 18.7 Å². The van der Waals surface area contributed by atoms with Gasteiger partial charge in [-0.1, -0.05) is 55.3 Å². The van der Waals surface area contributed by atoms with Crippen molar-refractivity contribution in [2.24, 2.45) is 0 Å². The summed E-state index contributed by atoms with van der Waals surface area (Å²) in [4.78, 5) is 21.4. The van der Waals surface area contributed by atoms with Crippen LogP contribution in [0.25, 0.3) is 16.0 Å². The number of imidazole rings is 1. The van der Waals surface area contributed by atoms with Gasteiger partial charge >= 0.3 is 5.97 Å². The van der Waals surface area contributed by atoms with E-state index in [2.05, 4.69) is 16.8 Å². The van der Waals surface area contributed by atoms with Crippen LogP contribution >= 0.6 is 11.6 Å². The fraction of sp³-hybridized carbons (Fsp3) is 0.370. The summed E-state index contributed by atoms with van der Waals surface area (Å²) in [7, 11) is 0. The van der Waals surface area contributed by atoms with Gasteiger partial charge in [0.2, 0.25) is 0 Å². The largest absolute Gasteiger partial charge is 0.476 e. The van der Waals surface area contributed by atoms with Crippen LogP contribution in [0.3, 0.4) is 0 Å². The maximum absolute atomic E-state index is 14.0. The Hall–Kier alpha value is -3.44. The molecule has 1 saturated heterocycles. The number of rotatable bonds is 8. The minimum Gasteiger partial charge on any atom is -0.476 e. The van der Waals surface area contributed by atoms with Crippen LogP contribution in [-0.4, -0.2) is 39.6 Å². The van der Waals surface area contributed by atoms with Crippen molar-refractivity contribution in [1.29, 1.82) is 0 Å². The van der Waals surface area contributed by atoms with Gasteiger partial charge in [-0.3, -0.25) is 0 Å². The number of hydrogen-bond acceptors (Lipinski definition) is 3. The number of carboxylic acid groups (broad SMARTS) is 1. The Bertz CT molecular complexity index is 1300. The second-order valence-electron chi connectivity index (χ2n) is 9.05. The van der Waals surface area contributed by atoms with E-state index in [-0.39, 0.29) is 23.8 Å². The van der Waals surface area contributed by atoms with E-state index in [1.165, 1.54) is 0 Å². The number of carbonyl (C=O) groups is 1. The van der Waals surface area contributed by atoms with Crippen LogP contribution in [0.4, 0.5) is 20.2 Å². The molecule has 36 heavy (non-hydrogen) atoms. The lowest BCUT2D eigenvalue weighted by Crippen LogP contribution is -2.42. The third-order valence-electron chi connectivity index (χ3n) is 6.42. The SMILES string of the molecule is [C-]#[N+]c1ccc(N2CCCC(F)(F)C2)cc1-c1ccc(Cn2c(CCCC)nc(Cl)c2C(=O)O)cc1. The van der Waals surface area contributed by atoms with Gasteiger partial charge in [0.1, 0.15) is 5.82 Å². The highest BCUT2D eigenvalue weighted by Gasteiger charge is 2.35. The van der Waals surface area contributed by atoms with Crippen molar-refractivity contribution in [3.05, 3.63) is 76.1 Å². The Morgan fingerprint density at radius 2 is 2.00 bits per heavy atom. The van der Waals surface area contributed by atoms with E-state index in [1.54, 1.807) is 27.7 Å². The number of unbranched alkanes of at least 4 members (excludes halogenated alkanes) is 1. The third-order valence-corrected chi connectivity index (χ3v) is 6.69. The molecule has 6 nitrogen and oxygen atoms in total. The summed E-state index contributed by atoms with van der Waals surface area (Å²) >= 11 is 6.13. The number of aryl methyl sites for hydroxylation is 1. The second kappa shape index (κ2) is 10.7. The van der Waals surface area contributed by atoms with Crippen molar-refractivity contribution in [1.82, 2.24) is 9.55 Å². The lowest BCUT2D eigenvalue weighted by Gasteiger charge is -2.34. The normalized spacial score (nSPS) is 15.0. The first-order valence-electron chi connectivity index (χ1n) is 11.9. The molecular formula is C27H27ClF2N4O2. The summed E-state index contributed by atoms with van der Waals surface area (Å²) in [6.45, 7) is 10.1. The molecule has 3 aromatic rings. The van der Waals surface area contributed by atoms with Crippen LogP contribution in [0.2, 0.25) is 5.15 Å². The number of nitrogens with zero attached hydrogens (tertiary/aromatic N) is 4. The van der Waals surface area contributed by atoms with Gasteiger partial charge in [-0.05, 0) is 41.7 Å². The topological polar surface area (TPSA) is 62.7 Å². The first kappa shape index (κ1) is 25.6. The average molecular weight is 513 g/mol. The molecule has 0 bridgehead atoms. The third kappa shape index (κ3) is 5.52. The van der Waals surface area contributed by atoms with E-state index < -0.39 is 11.9 Å². The molecule has 9 heteroatoms. The van der Waals surface area contributed by atoms with Gasteiger partial charge < -0.3 is 14.6 Å². The van der Waals surface area contributed by atoms with Crippen molar-refractivity contribution in [3.63, 3.8) is 0 Å². The fourth-order valence-corrected chi connectivity index (χ4v) is 4.86. The molecular weight excluding hydrogens is 486 g/mol. The summed E-state index contributed by atoms with van der Waals surface area (Å²) in [5.74, 6) is -3.22. The van der Waals surface area contributed by atoms with Crippen molar-refractivity contribution >= 4 is 28.9 Å². The maximum atomic E-state index is 14.0. The number of hydrogen-bond donors (Lipinski definition) is 1. The Labute approximate surface area is 214 Å². The molecule has 0 unspecified atom stereocenters. The molecule has 2 aromatic carbocycles. The lowest BCUT2D eigenvalue weighted by atomic mass is 10.00. The van der Waals surface area contributed by atoms with Crippen LogP contribution in [0, 0.1) is 6.57 Å². The van der Waals surface area contributed by atoms with E-state index >= 15 is 0 Å². The summed E-state index contributed by atoms with van der Waals surface area (Å²) in [6.07, 6.45) is 2.74. The van der Waals surface area contributed by atoms with Crippen molar-refractivity contribution in [3.8, 4) is 11.1 Å². The van der Waals surface area contributed by atoms with E-state index in [4.69, 9.17) is 18.2 Å². The predicted octanol–water partition coefficient (Wildman–Crippen LogP) is 7.08. The number of carboxylic acids is 1. The molecule has 0 radical (unpaired) electrons. The minimum absolute atomic E-state index is 0.0213. The van der Waals surface area contributed by atoms with E-state index in [9.17, 15) is 18.7 Å². The quantitative estimate of drug-likeness (QED) is 0.328. The molecule has 0 amide bonds. The molecule has 0 atom stereocenters. The molecule has 1 aliphatic heterocycles. The van der Waals surface area contributed by atoms with Gasteiger partial charge in [-0.2, -0.15) is 0 Å². The van der Waals surface area contributed by atoms with Gasteiger partial charge in [0.15, 0.2) is 16.5 Å². The van der Waals surface area contributed by atoms with Gasteiger partial charge in [0.05, 0.1) is 13.1 Å². The second-order valence-corrected chi connectivity index (χ2v) is 9.41. The number of halogens is 3. The van der Waals surface area contributed by atoms with E-state index in [0.29, 0.717) is 48.7 Å². The number of benzene rings is 2. The van der Waals surface area contributed by atoms with Gasteiger partial charge in [0, 0.05) is 31.6 Å². The Morgan fingerprint density at radius 1 is 1.25 bits per heavy atom. The molecule has 0 aliphatic carbocycles. The van der Waals surface area contributed by atoms with Gasteiger partial charge in [-0.15, -0.1) is 0 Å². The maximum Gasteiger partial charge on any atom is 0.355 e. The average Bonchev–Trinajstić information content (AvgIpc) is 3.16. The summed E-state index contributed by atoms with van der Waals surface area (Å²) < 4.78 is 29.6. The Kier molecular flexibility index (Phi) is 7.60. The molecule has 2 heterocycles. The monoisotopic (exact) mass is 512 g/mol. The fourth-order valence-electron chi connectivity index (χ4n) is 4.57. The number of aromatic carboxylic acids is 1. The molecule has 1 N–H and O–H groups in total. The predicted molar refractivity (Wildman–Crippen MR) is 136 cm³/mol. The van der Waals surface area contributed by atoms with Crippen LogP contribution in [0.1, 0.15) is 54.5 Å². The Morgan fingerprint density at radius 3 is 2.64 bits per heavy atom. The van der Waals surface area contributed by atoms with Crippen LogP contribution in [0.5, 0.6) is 0 Å². The summed E-state index contributed by atoms with van der Waals surface area (Å²) in [5, 5.41) is 9.63. The highest BCUT2D eigenvalue weighted by Crippen LogP contribution is 2.37. The number of aromatic nitrogens is 2. The molecule has 0 spiro atoms. The van der Waals surface area contributed by atoms with Gasteiger partial charge in [0.25, 0.3) is 5.92 Å². The zero-order valence-corrected chi connectivity index (χ0v) is 20.7. The zero-order valence-electron chi connectivity index (χ0n) is 20.0. The highest BCUT2D eigenvalue weighted by molar-refractivity contribution is 6.32. The van der Waals surface area contributed by atoms with Crippen molar-refractivity contribution in [2.75, 3.05) is 18.0 Å². The molecule has 1 aromatic heterocycles. The van der Waals surface area contributed by atoms with E-state index in [1.807, 2.05) is 24.3 Å². The van der Waals surface area contributed by atoms with Gasteiger partial charge in [-0.25, -0.2) is 23.4 Å². The lowest BCUT2D eigenvalue weighted by molar-refractivity contribution is -0.0116. The smallest absolute Gasteiger partial charge is 0.355 e. The molecule has 188 valence electrons. The number of piperidine rings is 1. The molecule has 4 rings (SSSR count). The zero-order chi connectivity index (χ0) is 25.9. The molecule has 1 aliphatic rings. The summed E-state index contributed by atoms with van der Waals surface area (Å²) in [5.41, 5.74) is 3.37. The highest BCUT2D eigenvalue weighted by atomic mass is 35.5. The van der Waals surface area contributed by atoms with E-state index in [0.717, 1.165) is 24.0 Å². The number of anilines is 1. The van der Waals surface area contributed by atoms with Crippen LogP contribution in [0.15, 0.2) is 42.5 Å². The molecule has 0 saturated carbocycles. The Balaban J connectivity index is 1.63. The summed E-state index contributed by atoms with van der Waals surface area (Å²) in [6, 6.07) is 12.6. The molecule has 1 fully saturated rings.